The number of nitrogens with two attached hydrogens (primary N) is 2. The van der Waals surface area contributed by atoms with Crippen molar-refractivity contribution in [3.05, 3.63) is 59.7 Å². The molecule has 1 heterocycles. The Morgan fingerprint density at radius 1 is 0.625 bits per heavy atom. The van der Waals surface area contributed by atoms with Crippen molar-refractivity contribution in [2.45, 2.75) is 39.8 Å². The highest BCUT2D eigenvalue weighted by molar-refractivity contribution is 5.98. The molecule has 0 spiro atoms. The zero-order chi connectivity index (χ0) is 21.7. The van der Waals surface area contributed by atoms with Crippen molar-refractivity contribution in [1.82, 2.24) is 0 Å². The Kier molecular flexibility index (Phi) is 10.8. The molecule has 0 bridgehead atoms. The van der Waals surface area contributed by atoms with Gasteiger partial charge in [-0.3, -0.25) is 9.98 Å². The molecular weight excluding hydrogens is 443 g/mol. The lowest BCUT2D eigenvalue weighted by molar-refractivity contribution is 0.653. The first kappa shape index (κ1) is 27.6. The maximum absolute atomic E-state index is 6.07. The van der Waals surface area contributed by atoms with Gasteiger partial charge < -0.3 is 21.3 Å². The molecule has 0 atom stereocenters. The van der Waals surface area contributed by atoms with Gasteiger partial charge >= 0.3 is 0 Å². The molecule has 1 aliphatic rings. The number of rotatable bonds is 6. The van der Waals surface area contributed by atoms with E-state index in [4.69, 9.17) is 11.5 Å². The topological polar surface area (TPSA) is 83.2 Å². The van der Waals surface area contributed by atoms with Crippen molar-refractivity contribution in [1.29, 1.82) is 0 Å². The summed E-state index contributed by atoms with van der Waals surface area (Å²) in [5.74, 6) is 1.20. The first-order valence-electron chi connectivity index (χ1n) is 10.7. The third-order valence-corrected chi connectivity index (χ3v) is 5.13. The molecule has 1 aliphatic heterocycles. The van der Waals surface area contributed by atoms with Crippen LogP contribution in [0.15, 0.2) is 58.5 Å². The third kappa shape index (κ3) is 7.31. The molecule has 0 aliphatic carbocycles. The third-order valence-electron chi connectivity index (χ3n) is 5.13. The summed E-state index contributed by atoms with van der Waals surface area (Å²) in [4.78, 5) is 13.7. The van der Waals surface area contributed by atoms with Crippen LogP contribution in [0.2, 0.25) is 0 Å². The van der Waals surface area contributed by atoms with Gasteiger partial charge in [0.05, 0.1) is 0 Å². The SMILES string of the molecule is CC(C)N=C(N)c1ccc(N2CCN(c3ccc(C(N)=NC(C)C)cc3)CC2)cc1.Cl.Cl. The number of aliphatic imine (C=N–C) groups is 2. The molecule has 32 heavy (non-hydrogen) atoms. The molecule has 4 N–H and O–H groups in total. The van der Waals surface area contributed by atoms with E-state index in [0.717, 1.165) is 37.3 Å². The lowest BCUT2D eigenvalue weighted by Gasteiger charge is -2.37. The maximum atomic E-state index is 6.07. The van der Waals surface area contributed by atoms with Gasteiger partial charge in [0.15, 0.2) is 0 Å². The van der Waals surface area contributed by atoms with E-state index in [2.05, 4.69) is 68.3 Å². The van der Waals surface area contributed by atoms with E-state index in [-0.39, 0.29) is 36.9 Å². The van der Waals surface area contributed by atoms with Gasteiger partial charge in [-0.15, -0.1) is 24.8 Å². The Bertz CT molecular complexity index is 808. The number of piperazine rings is 1. The zero-order valence-corrected chi connectivity index (χ0v) is 21.0. The van der Waals surface area contributed by atoms with Gasteiger partial charge in [0.1, 0.15) is 11.7 Å². The Hall–Kier alpha value is -2.44. The number of halogens is 2. The van der Waals surface area contributed by atoms with Crippen molar-refractivity contribution in [3.8, 4) is 0 Å². The quantitative estimate of drug-likeness (QED) is 0.483. The van der Waals surface area contributed by atoms with Crippen LogP contribution in [0.1, 0.15) is 38.8 Å². The largest absolute Gasteiger partial charge is 0.383 e. The fourth-order valence-corrected chi connectivity index (χ4v) is 3.61. The molecule has 0 amide bonds. The van der Waals surface area contributed by atoms with Crippen molar-refractivity contribution in [2.24, 2.45) is 21.5 Å². The highest BCUT2D eigenvalue weighted by atomic mass is 35.5. The van der Waals surface area contributed by atoms with Crippen molar-refractivity contribution in [3.63, 3.8) is 0 Å². The van der Waals surface area contributed by atoms with E-state index in [9.17, 15) is 0 Å². The maximum Gasteiger partial charge on any atom is 0.125 e. The molecule has 1 fully saturated rings. The van der Waals surface area contributed by atoms with Crippen molar-refractivity contribution >= 4 is 47.9 Å². The highest BCUT2D eigenvalue weighted by Crippen LogP contribution is 2.21. The first-order valence-corrected chi connectivity index (χ1v) is 10.7. The van der Waals surface area contributed by atoms with Crippen molar-refractivity contribution < 1.29 is 0 Å². The molecule has 0 aromatic heterocycles. The van der Waals surface area contributed by atoms with Crippen molar-refractivity contribution in [2.75, 3.05) is 36.0 Å². The molecule has 0 radical (unpaired) electrons. The molecule has 176 valence electrons. The van der Waals surface area contributed by atoms with Gasteiger partial charge in [0, 0.05) is 60.8 Å². The Labute approximate surface area is 204 Å². The number of hydrogen-bond donors (Lipinski definition) is 2. The van der Waals surface area contributed by atoms with Gasteiger partial charge in [0.25, 0.3) is 0 Å². The number of nitrogens with zero attached hydrogens (tertiary/aromatic N) is 4. The number of hydrogen-bond acceptors (Lipinski definition) is 4. The average Bonchev–Trinajstić information content (AvgIpc) is 2.73. The van der Waals surface area contributed by atoms with E-state index in [0.29, 0.717) is 11.7 Å². The zero-order valence-electron chi connectivity index (χ0n) is 19.4. The summed E-state index contributed by atoms with van der Waals surface area (Å²) in [7, 11) is 0. The van der Waals surface area contributed by atoms with Crippen LogP contribution >= 0.6 is 24.8 Å². The second-order valence-corrected chi connectivity index (χ2v) is 8.28. The molecule has 1 saturated heterocycles. The van der Waals surface area contributed by atoms with Crippen LogP contribution in [-0.2, 0) is 0 Å². The van der Waals surface area contributed by atoms with Gasteiger partial charge in [0.2, 0.25) is 0 Å². The molecule has 0 saturated carbocycles. The summed E-state index contributed by atoms with van der Waals surface area (Å²) in [6, 6.07) is 17.2. The average molecular weight is 480 g/mol. The van der Waals surface area contributed by atoms with Gasteiger partial charge in [-0.1, -0.05) is 0 Å². The molecule has 0 unspecified atom stereocenters. The molecule has 8 heteroatoms. The van der Waals surface area contributed by atoms with Crippen LogP contribution in [0, 0.1) is 0 Å². The fourth-order valence-electron chi connectivity index (χ4n) is 3.61. The summed E-state index contributed by atoms with van der Waals surface area (Å²) in [6.07, 6.45) is 0. The normalized spacial score (nSPS) is 14.9. The minimum atomic E-state index is 0. The van der Waals surface area contributed by atoms with E-state index < -0.39 is 0 Å². The number of benzene rings is 2. The first-order chi connectivity index (χ1) is 14.3. The Morgan fingerprint density at radius 2 is 0.906 bits per heavy atom. The lowest BCUT2D eigenvalue weighted by atomic mass is 10.1. The summed E-state index contributed by atoms with van der Waals surface area (Å²) in [5, 5.41) is 0. The molecule has 2 aromatic carbocycles. The van der Waals surface area contributed by atoms with E-state index >= 15 is 0 Å². The van der Waals surface area contributed by atoms with E-state index in [1.807, 2.05) is 27.7 Å². The van der Waals surface area contributed by atoms with Gasteiger partial charge in [-0.2, -0.15) is 0 Å². The Balaban J connectivity index is 0.00000256. The fraction of sp³-hybridized carbons (Fsp3) is 0.417. The predicted octanol–water partition coefficient (Wildman–Crippen LogP) is 4.08. The van der Waals surface area contributed by atoms with Crippen LogP contribution in [0.3, 0.4) is 0 Å². The standard InChI is InChI=1S/C24H34N6.2ClH/c1-17(2)27-23(25)19-5-9-21(10-6-19)29-13-15-30(16-14-29)22-11-7-20(8-12-22)24(26)28-18(3)4;;/h5-12,17-18H,13-16H2,1-4H3,(H2,25,27)(H2,26,28);2*1H. The summed E-state index contributed by atoms with van der Waals surface area (Å²) in [6.45, 7) is 12.0. The summed E-state index contributed by atoms with van der Waals surface area (Å²) < 4.78 is 0. The Morgan fingerprint density at radius 3 is 1.16 bits per heavy atom. The van der Waals surface area contributed by atoms with Crippen LogP contribution in [0.25, 0.3) is 0 Å². The van der Waals surface area contributed by atoms with E-state index in [1.165, 1.54) is 11.4 Å². The smallest absolute Gasteiger partial charge is 0.125 e. The highest BCUT2D eigenvalue weighted by Gasteiger charge is 2.18. The molecule has 3 rings (SSSR count). The summed E-state index contributed by atoms with van der Waals surface area (Å²) in [5.41, 5.74) is 16.6. The summed E-state index contributed by atoms with van der Waals surface area (Å²) >= 11 is 0. The van der Waals surface area contributed by atoms with Gasteiger partial charge in [-0.05, 0) is 76.2 Å². The van der Waals surface area contributed by atoms with Gasteiger partial charge in [-0.25, -0.2) is 0 Å². The monoisotopic (exact) mass is 478 g/mol. The lowest BCUT2D eigenvalue weighted by Crippen LogP contribution is -2.46. The molecule has 2 aromatic rings. The molecule has 6 nitrogen and oxygen atoms in total. The van der Waals surface area contributed by atoms with Crippen LogP contribution in [0.4, 0.5) is 11.4 Å². The second kappa shape index (κ2) is 12.6. The van der Waals surface area contributed by atoms with Crippen LogP contribution in [0.5, 0.6) is 0 Å². The number of amidine groups is 2. The number of anilines is 2. The molecular formula is C24H36Cl2N6. The minimum absolute atomic E-state index is 0. The van der Waals surface area contributed by atoms with E-state index in [1.54, 1.807) is 0 Å². The van der Waals surface area contributed by atoms with Crippen LogP contribution in [-0.4, -0.2) is 49.9 Å². The second-order valence-electron chi connectivity index (χ2n) is 8.28. The minimum Gasteiger partial charge on any atom is -0.383 e. The van der Waals surface area contributed by atoms with Crippen LogP contribution < -0.4 is 21.3 Å². The predicted molar refractivity (Wildman–Crippen MR) is 144 cm³/mol.